The van der Waals surface area contributed by atoms with Crippen LogP contribution in [0.15, 0.2) is 24.3 Å². The van der Waals surface area contributed by atoms with Crippen LogP contribution in [0, 0.1) is 0 Å². The fraction of sp³-hybridized carbons (Fsp3) is 0.357. The summed E-state index contributed by atoms with van der Waals surface area (Å²) in [7, 11) is 0. The van der Waals surface area contributed by atoms with Crippen molar-refractivity contribution in [3.8, 4) is 0 Å². The first-order valence-electron chi connectivity index (χ1n) is 6.72. The zero-order chi connectivity index (χ0) is 14.4. The molecule has 1 heterocycles. The molecule has 1 aromatic carbocycles. The number of nitrogens with one attached hydrogen (secondary N) is 2. The van der Waals surface area contributed by atoms with E-state index in [-0.39, 0.29) is 5.28 Å². The van der Waals surface area contributed by atoms with Crippen molar-refractivity contribution in [1.29, 1.82) is 0 Å². The van der Waals surface area contributed by atoms with Gasteiger partial charge in [0.1, 0.15) is 0 Å². The molecule has 0 aliphatic heterocycles. The van der Waals surface area contributed by atoms with Gasteiger partial charge in [0.15, 0.2) is 0 Å². The topological polar surface area (TPSA) is 62.7 Å². The number of aryl methyl sites for hydroxylation is 1. The van der Waals surface area contributed by atoms with Crippen LogP contribution in [0.4, 0.5) is 17.6 Å². The van der Waals surface area contributed by atoms with Crippen molar-refractivity contribution in [2.24, 2.45) is 0 Å². The van der Waals surface area contributed by atoms with E-state index in [4.69, 9.17) is 11.6 Å². The molecule has 0 fully saturated rings. The van der Waals surface area contributed by atoms with E-state index in [1.165, 1.54) is 5.56 Å². The smallest absolute Gasteiger partial charge is 0.233 e. The van der Waals surface area contributed by atoms with Gasteiger partial charge in [-0.3, -0.25) is 0 Å². The average molecular weight is 292 g/mol. The highest BCUT2D eigenvalue weighted by Gasteiger charge is 2.05. The molecule has 2 N–H and O–H groups in total. The van der Waals surface area contributed by atoms with E-state index in [2.05, 4.69) is 51.6 Å². The van der Waals surface area contributed by atoms with E-state index >= 15 is 0 Å². The van der Waals surface area contributed by atoms with Crippen molar-refractivity contribution in [3.05, 3.63) is 35.1 Å². The highest BCUT2D eigenvalue weighted by atomic mass is 35.5. The van der Waals surface area contributed by atoms with E-state index in [1.807, 2.05) is 12.1 Å². The predicted molar refractivity (Wildman–Crippen MR) is 82.7 cm³/mol. The zero-order valence-electron chi connectivity index (χ0n) is 11.7. The van der Waals surface area contributed by atoms with Gasteiger partial charge in [-0.25, -0.2) is 0 Å². The first-order valence-corrected chi connectivity index (χ1v) is 7.10. The van der Waals surface area contributed by atoms with Gasteiger partial charge in [0.2, 0.25) is 17.2 Å². The van der Waals surface area contributed by atoms with Gasteiger partial charge in [-0.1, -0.05) is 26.0 Å². The molecule has 6 heteroatoms. The van der Waals surface area contributed by atoms with E-state index in [0.29, 0.717) is 11.9 Å². The van der Waals surface area contributed by atoms with Gasteiger partial charge in [0.25, 0.3) is 0 Å². The van der Waals surface area contributed by atoms with E-state index < -0.39 is 0 Å². The summed E-state index contributed by atoms with van der Waals surface area (Å²) in [4.78, 5) is 12.4. The lowest BCUT2D eigenvalue weighted by Gasteiger charge is -2.08. The summed E-state index contributed by atoms with van der Waals surface area (Å²) in [5.74, 6) is 0.923. The van der Waals surface area contributed by atoms with Gasteiger partial charge in [-0.2, -0.15) is 15.0 Å². The van der Waals surface area contributed by atoms with Crippen LogP contribution in [-0.4, -0.2) is 21.5 Å². The number of hydrogen-bond donors (Lipinski definition) is 2. The molecule has 1 aromatic heterocycles. The first-order chi connectivity index (χ1) is 9.71. The van der Waals surface area contributed by atoms with Crippen LogP contribution in [0.5, 0.6) is 0 Å². The number of halogens is 1. The molecular weight excluding hydrogens is 274 g/mol. The SMILES string of the molecule is CCCNc1nc(Cl)nc(Nc2ccc(CC)cc2)n1. The molecular formula is C14H18ClN5. The Hall–Kier alpha value is -1.88. The third-order valence-corrected chi connectivity index (χ3v) is 2.93. The minimum Gasteiger partial charge on any atom is -0.354 e. The second-order valence-electron chi connectivity index (χ2n) is 4.35. The molecule has 0 radical (unpaired) electrons. The molecule has 0 saturated carbocycles. The van der Waals surface area contributed by atoms with Crippen LogP contribution in [-0.2, 0) is 6.42 Å². The highest BCUT2D eigenvalue weighted by Crippen LogP contribution is 2.16. The normalized spacial score (nSPS) is 10.3. The van der Waals surface area contributed by atoms with E-state index in [1.54, 1.807) is 0 Å². The lowest BCUT2D eigenvalue weighted by atomic mass is 10.1. The fourth-order valence-corrected chi connectivity index (χ4v) is 1.83. The molecule has 0 aliphatic rings. The van der Waals surface area contributed by atoms with Crippen molar-refractivity contribution in [2.45, 2.75) is 26.7 Å². The molecule has 106 valence electrons. The maximum Gasteiger partial charge on any atom is 0.233 e. The summed E-state index contributed by atoms with van der Waals surface area (Å²) < 4.78 is 0. The standard InChI is InChI=1S/C14H18ClN5/c1-3-9-16-13-18-12(15)19-14(20-13)17-11-7-5-10(4-2)6-8-11/h5-8H,3-4,9H2,1-2H3,(H2,16,17,18,19,20). The van der Waals surface area contributed by atoms with Gasteiger partial charge in [-0.05, 0) is 42.1 Å². The van der Waals surface area contributed by atoms with Crippen molar-refractivity contribution >= 4 is 29.2 Å². The second-order valence-corrected chi connectivity index (χ2v) is 4.69. The Bertz CT molecular complexity index is 556. The summed E-state index contributed by atoms with van der Waals surface area (Å²) >= 11 is 5.90. The summed E-state index contributed by atoms with van der Waals surface area (Å²) in [6.07, 6.45) is 2.01. The molecule has 0 bridgehead atoms. The van der Waals surface area contributed by atoms with Crippen LogP contribution in [0.2, 0.25) is 5.28 Å². The summed E-state index contributed by atoms with van der Waals surface area (Å²) in [6, 6.07) is 8.13. The Morgan fingerprint density at radius 1 is 1.00 bits per heavy atom. The molecule has 0 spiro atoms. The number of rotatable bonds is 6. The lowest BCUT2D eigenvalue weighted by molar-refractivity contribution is 0.940. The molecule has 5 nitrogen and oxygen atoms in total. The lowest BCUT2D eigenvalue weighted by Crippen LogP contribution is -2.07. The maximum atomic E-state index is 5.90. The Morgan fingerprint density at radius 2 is 1.70 bits per heavy atom. The summed E-state index contributed by atoms with van der Waals surface area (Å²) in [5.41, 5.74) is 2.21. The Kier molecular flexibility index (Phi) is 5.12. The molecule has 20 heavy (non-hydrogen) atoms. The third kappa shape index (κ3) is 4.06. The summed E-state index contributed by atoms with van der Waals surface area (Å²) in [5, 5.41) is 6.39. The first kappa shape index (κ1) is 14.5. The van der Waals surface area contributed by atoms with Crippen molar-refractivity contribution < 1.29 is 0 Å². The summed E-state index contributed by atoms with van der Waals surface area (Å²) in [6.45, 7) is 5.00. The molecule has 0 unspecified atom stereocenters. The molecule has 0 atom stereocenters. The Labute approximate surface area is 123 Å². The number of aromatic nitrogens is 3. The molecule has 2 aromatic rings. The van der Waals surface area contributed by atoms with Crippen molar-refractivity contribution in [1.82, 2.24) is 15.0 Å². The highest BCUT2D eigenvalue weighted by molar-refractivity contribution is 6.28. The van der Waals surface area contributed by atoms with Gasteiger partial charge in [-0.15, -0.1) is 0 Å². The third-order valence-electron chi connectivity index (χ3n) is 2.76. The van der Waals surface area contributed by atoms with Gasteiger partial charge in [0.05, 0.1) is 0 Å². The largest absolute Gasteiger partial charge is 0.354 e. The van der Waals surface area contributed by atoms with Crippen LogP contribution >= 0.6 is 11.6 Å². The number of nitrogens with zero attached hydrogens (tertiary/aromatic N) is 3. The molecule has 0 saturated heterocycles. The van der Waals surface area contributed by atoms with Gasteiger partial charge < -0.3 is 10.6 Å². The number of hydrogen-bond acceptors (Lipinski definition) is 5. The molecule has 0 amide bonds. The minimum absolute atomic E-state index is 0.172. The van der Waals surface area contributed by atoms with Crippen LogP contribution in [0.1, 0.15) is 25.8 Å². The van der Waals surface area contributed by atoms with Crippen LogP contribution in [0.3, 0.4) is 0 Å². The zero-order valence-corrected chi connectivity index (χ0v) is 12.4. The van der Waals surface area contributed by atoms with E-state index in [9.17, 15) is 0 Å². The Balaban J connectivity index is 2.12. The van der Waals surface area contributed by atoms with Gasteiger partial charge >= 0.3 is 0 Å². The second kappa shape index (κ2) is 7.05. The Morgan fingerprint density at radius 3 is 2.35 bits per heavy atom. The van der Waals surface area contributed by atoms with E-state index in [0.717, 1.165) is 25.1 Å². The average Bonchev–Trinajstić information content (AvgIpc) is 2.45. The number of benzene rings is 1. The maximum absolute atomic E-state index is 5.90. The van der Waals surface area contributed by atoms with Crippen molar-refractivity contribution in [2.75, 3.05) is 17.2 Å². The molecule has 2 rings (SSSR count). The monoisotopic (exact) mass is 291 g/mol. The van der Waals surface area contributed by atoms with Crippen molar-refractivity contribution in [3.63, 3.8) is 0 Å². The quantitative estimate of drug-likeness (QED) is 0.850. The number of anilines is 3. The van der Waals surface area contributed by atoms with Crippen LogP contribution < -0.4 is 10.6 Å². The molecule has 0 aliphatic carbocycles. The van der Waals surface area contributed by atoms with Gasteiger partial charge in [0, 0.05) is 12.2 Å². The fourth-order valence-electron chi connectivity index (χ4n) is 1.67. The van der Waals surface area contributed by atoms with Crippen LogP contribution in [0.25, 0.3) is 0 Å². The predicted octanol–water partition coefficient (Wildman–Crippen LogP) is 3.65. The minimum atomic E-state index is 0.172.